The van der Waals surface area contributed by atoms with Gasteiger partial charge < -0.3 is 10.6 Å². The summed E-state index contributed by atoms with van der Waals surface area (Å²) in [5.41, 5.74) is -0.594. The number of hydrogen-bond donors (Lipinski definition) is 2. The van der Waals surface area contributed by atoms with Gasteiger partial charge in [-0.25, -0.2) is 4.98 Å². The molecule has 7 nitrogen and oxygen atoms in total. The Labute approximate surface area is 145 Å². The molecule has 1 fully saturated rings. The summed E-state index contributed by atoms with van der Waals surface area (Å²) in [4.78, 5) is 7.56. The first-order valence-corrected chi connectivity index (χ1v) is 7.80. The van der Waals surface area contributed by atoms with Gasteiger partial charge in [0.25, 0.3) is 0 Å². The van der Waals surface area contributed by atoms with Gasteiger partial charge in [-0.05, 0) is 13.3 Å². The van der Waals surface area contributed by atoms with E-state index in [2.05, 4.69) is 31.8 Å². The third-order valence-corrected chi connectivity index (χ3v) is 3.91. The van der Waals surface area contributed by atoms with Gasteiger partial charge in [0.2, 0.25) is 5.95 Å². The van der Waals surface area contributed by atoms with Crippen LogP contribution in [-0.4, -0.2) is 26.3 Å². The van der Waals surface area contributed by atoms with Crippen molar-refractivity contribution in [3.8, 4) is 6.07 Å². The molecule has 132 valence electrons. The molecule has 2 aromatic heterocycles. The first kappa shape index (κ1) is 17.3. The Morgan fingerprint density at radius 2 is 2.24 bits per heavy atom. The van der Waals surface area contributed by atoms with E-state index in [1.54, 1.807) is 17.8 Å². The number of nitrogens with zero attached hydrogens (tertiary/aromatic N) is 5. The van der Waals surface area contributed by atoms with Crippen molar-refractivity contribution in [2.75, 3.05) is 17.2 Å². The number of nitrogens with one attached hydrogen (secondary N) is 2. The maximum Gasteiger partial charge on any atom is 0.421 e. The van der Waals surface area contributed by atoms with Crippen molar-refractivity contribution in [3.05, 3.63) is 23.1 Å². The molecule has 2 heterocycles. The van der Waals surface area contributed by atoms with Crippen molar-refractivity contribution < 1.29 is 13.2 Å². The monoisotopic (exact) mass is 371 g/mol. The molecule has 1 aliphatic carbocycles. The second-order valence-electron chi connectivity index (χ2n) is 5.46. The highest BCUT2D eigenvalue weighted by Gasteiger charge is 2.40. The molecule has 1 unspecified atom stereocenters. The van der Waals surface area contributed by atoms with E-state index in [4.69, 9.17) is 16.9 Å². The number of rotatable bonds is 5. The molecule has 0 aliphatic heterocycles. The highest BCUT2D eigenvalue weighted by Crippen LogP contribution is 2.43. The summed E-state index contributed by atoms with van der Waals surface area (Å²) in [6.45, 7) is 1.94. The molecule has 0 radical (unpaired) electrons. The molecule has 2 aromatic rings. The van der Waals surface area contributed by atoms with Crippen LogP contribution < -0.4 is 10.6 Å². The standard InChI is InChI=1S/C14H13ClF3N7/c1-2-20-12-8(14(16,17)18)5-21-13(23-12)22-9-6-25(24-11(9)15)10-3-7(10)4-19/h5-7,10H,2-3H2,1H3,(H2,20,21,22,23)/t7?,10-/m1/s1. The van der Waals surface area contributed by atoms with Gasteiger partial charge in [-0.15, -0.1) is 0 Å². The summed E-state index contributed by atoms with van der Waals surface area (Å²) in [7, 11) is 0. The average molecular weight is 372 g/mol. The molecule has 2 N–H and O–H groups in total. The minimum atomic E-state index is -4.56. The third kappa shape index (κ3) is 3.61. The summed E-state index contributed by atoms with van der Waals surface area (Å²) in [6, 6.07) is 2.11. The predicted octanol–water partition coefficient (Wildman–Crippen LogP) is 3.61. The van der Waals surface area contributed by atoms with Gasteiger partial charge in [0.15, 0.2) is 5.15 Å². The number of halogens is 4. The van der Waals surface area contributed by atoms with E-state index in [0.29, 0.717) is 18.3 Å². The molecule has 3 rings (SSSR count). The molecule has 0 saturated heterocycles. The van der Waals surface area contributed by atoms with Crippen LogP contribution in [0.5, 0.6) is 0 Å². The maximum atomic E-state index is 13.0. The van der Waals surface area contributed by atoms with Crippen LogP contribution >= 0.6 is 11.6 Å². The Morgan fingerprint density at radius 3 is 2.84 bits per heavy atom. The Bertz CT molecular complexity index is 827. The Balaban J connectivity index is 1.84. The zero-order chi connectivity index (χ0) is 18.2. The van der Waals surface area contributed by atoms with Crippen LogP contribution in [0.4, 0.5) is 30.6 Å². The lowest BCUT2D eigenvalue weighted by Gasteiger charge is -2.13. The molecule has 1 saturated carbocycles. The minimum Gasteiger partial charge on any atom is -0.370 e. The predicted molar refractivity (Wildman–Crippen MR) is 84.5 cm³/mol. The van der Waals surface area contributed by atoms with Crippen molar-refractivity contribution >= 4 is 29.1 Å². The van der Waals surface area contributed by atoms with Crippen LogP contribution in [0.1, 0.15) is 24.9 Å². The SMILES string of the molecule is CCNc1nc(Nc2cn([C@@H]3CC3C#N)nc2Cl)ncc1C(F)(F)F. The smallest absolute Gasteiger partial charge is 0.370 e. The number of aromatic nitrogens is 4. The zero-order valence-corrected chi connectivity index (χ0v) is 13.7. The normalized spacial score (nSPS) is 19.4. The average Bonchev–Trinajstić information content (AvgIpc) is 3.24. The summed E-state index contributed by atoms with van der Waals surface area (Å²) < 4.78 is 40.5. The van der Waals surface area contributed by atoms with Gasteiger partial charge in [-0.1, -0.05) is 11.6 Å². The second kappa shape index (κ2) is 6.40. The highest BCUT2D eigenvalue weighted by molar-refractivity contribution is 6.32. The topological polar surface area (TPSA) is 91.5 Å². The van der Waals surface area contributed by atoms with E-state index in [9.17, 15) is 13.2 Å². The number of alkyl halides is 3. The molecular weight excluding hydrogens is 359 g/mol. The van der Waals surface area contributed by atoms with E-state index in [1.807, 2.05) is 0 Å². The van der Waals surface area contributed by atoms with Crippen LogP contribution in [0, 0.1) is 17.2 Å². The molecule has 1 aliphatic rings. The number of nitriles is 1. The molecule has 0 bridgehead atoms. The van der Waals surface area contributed by atoms with Gasteiger partial charge in [-0.2, -0.15) is 28.5 Å². The van der Waals surface area contributed by atoms with E-state index in [1.165, 1.54) is 0 Å². The van der Waals surface area contributed by atoms with Gasteiger partial charge in [0.1, 0.15) is 11.4 Å². The maximum absolute atomic E-state index is 13.0. The van der Waals surface area contributed by atoms with Crippen molar-refractivity contribution in [2.24, 2.45) is 5.92 Å². The van der Waals surface area contributed by atoms with Gasteiger partial charge in [0.05, 0.1) is 29.9 Å². The van der Waals surface area contributed by atoms with Crippen molar-refractivity contribution in [1.29, 1.82) is 5.26 Å². The largest absolute Gasteiger partial charge is 0.421 e. The van der Waals surface area contributed by atoms with Crippen LogP contribution in [-0.2, 0) is 6.18 Å². The van der Waals surface area contributed by atoms with Crippen LogP contribution in [0.25, 0.3) is 0 Å². The number of hydrogen-bond acceptors (Lipinski definition) is 6. The summed E-state index contributed by atoms with van der Waals surface area (Å²) in [5, 5.41) is 18.4. The van der Waals surface area contributed by atoms with Crippen LogP contribution in [0.15, 0.2) is 12.4 Å². The fraction of sp³-hybridized carbons (Fsp3) is 0.429. The lowest BCUT2D eigenvalue weighted by atomic mass is 10.3. The van der Waals surface area contributed by atoms with Gasteiger partial charge >= 0.3 is 6.18 Å². The molecule has 0 aromatic carbocycles. The van der Waals surface area contributed by atoms with E-state index in [0.717, 1.165) is 0 Å². The Kier molecular flexibility index (Phi) is 4.43. The van der Waals surface area contributed by atoms with Crippen molar-refractivity contribution in [1.82, 2.24) is 19.7 Å². The fourth-order valence-corrected chi connectivity index (χ4v) is 2.49. The summed E-state index contributed by atoms with van der Waals surface area (Å²) in [5.74, 6) is -0.465. The summed E-state index contributed by atoms with van der Waals surface area (Å²) in [6.07, 6.45) is -1.58. The molecule has 0 amide bonds. The van der Waals surface area contributed by atoms with Crippen molar-refractivity contribution in [3.63, 3.8) is 0 Å². The molecular formula is C14H13ClF3N7. The fourth-order valence-electron chi connectivity index (χ4n) is 2.31. The van der Waals surface area contributed by atoms with E-state index < -0.39 is 11.7 Å². The van der Waals surface area contributed by atoms with Crippen molar-refractivity contribution in [2.45, 2.75) is 25.6 Å². The third-order valence-electron chi connectivity index (χ3n) is 3.63. The second-order valence-corrected chi connectivity index (χ2v) is 5.82. The first-order valence-electron chi connectivity index (χ1n) is 7.43. The van der Waals surface area contributed by atoms with Crippen LogP contribution in [0.3, 0.4) is 0 Å². The first-order chi connectivity index (χ1) is 11.8. The number of anilines is 3. The molecule has 0 spiro atoms. The minimum absolute atomic E-state index is 0.0381. The molecule has 2 atom stereocenters. The van der Waals surface area contributed by atoms with Gasteiger partial charge in [-0.3, -0.25) is 4.68 Å². The molecule has 25 heavy (non-hydrogen) atoms. The van der Waals surface area contributed by atoms with Gasteiger partial charge in [0, 0.05) is 12.7 Å². The zero-order valence-electron chi connectivity index (χ0n) is 13.0. The van der Waals surface area contributed by atoms with Crippen LogP contribution in [0.2, 0.25) is 5.15 Å². The van der Waals surface area contributed by atoms with E-state index in [-0.39, 0.29) is 35.4 Å². The quantitative estimate of drug-likeness (QED) is 0.834. The summed E-state index contributed by atoms with van der Waals surface area (Å²) >= 11 is 6.03. The lowest BCUT2D eigenvalue weighted by Crippen LogP contribution is -2.14. The molecule has 11 heteroatoms. The highest BCUT2D eigenvalue weighted by atomic mass is 35.5. The Hall–Kier alpha value is -2.54. The lowest BCUT2D eigenvalue weighted by molar-refractivity contribution is -0.137. The van der Waals surface area contributed by atoms with E-state index >= 15 is 0 Å². The Morgan fingerprint density at radius 1 is 1.48 bits per heavy atom.